The zero-order valence-electron chi connectivity index (χ0n) is 13.0. The van der Waals surface area contributed by atoms with Gasteiger partial charge in [-0.15, -0.1) is 0 Å². The second-order valence-corrected chi connectivity index (χ2v) is 5.35. The molecule has 0 saturated heterocycles. The summed E-state index contributed by atoms with van der Waals surface area (Å²) >= 11 is 0. The van der Waals surface area contributed by atoms with Crippen LogP contribution in [0.5, 0.6) is 0 Å². The van der Waals surface area contributed by atoms with Crippen LogP contribution < -0.4 is 5.32 Å². The van der Waals surface area contributed by atoms with E-state index < -0.39 is 0 Å². The molecule has 116 valence electrons. The molecule has 6 nitrogen and oxygen atoms in total. The van der Waals surface area contributed by atoms with Gasteiger partial charge in [0.25, 0.3) is 11.6 Å². The summed E-state index contributed by atoms with van der Waals surface area (Å²) in [5.74, 6) is -0.356. The van der Waals surface area contributed by atoms with Crippen molar-refractivity contribution in [3.8, 4) is 0 Å². The average Bonchev–Trinajstić information content (AvgIpc) is 2.87. The molecule has 0 fully saturated rings. The lowest BCUT2D eigenvalue weighted by Crippen LogP contribution is -2.13. The Hall–Kier alpha value is -3.02. The molecule has 3 aromatic rings. The van der Waals surface area contributed by atoms with Crippen molar-refractivity contribution in [1.82, 2.24) is 10.1 Å². The summed E-state index contributed by atoms with van der Waals surface area (Å²) in [6.45, 7) is 5.03. The SMILES string of the molecule is CC(=O)c1cccc(NC(=O)c2cc(C)nc3onc(C)c23)c1. The highest BCUT2D eigenvalue weighted by molar-refractivity contribution is 6.12. The maximum absolute atomic E-state index is 12.6. The third kappa shape index (κ3) is 2.83. The molecule has 0 unspecified atom stereocenters. The van der Waals surface area contributed by atoms with Gasteiger partial charge in [-0.2, -0.15) is 0 Å². The van der Waals surface area contributed by atoms with Crippen LogP contribution >= 0.6 is 0 Å². The molecule has 2 heterocycles. The van der Waals surface area contributed by atoms with Crippen molar-refractivity contribution in [1.29, 1.82) is 0 Å². The molecule has 1 aromatic carbocycles. The summed E-state index contributed by atoms with van der Waals surface area (Å²) in [4.78, 5) is 28.3. The van der Waals surface area contributed by atoms with E-state index in [1.165, 1.54) is 6.92 Å². The van der Waals surface area contributed by atoms with Crippen LogP contribution in [-0.2, 0) is 0 Å². The standard InChI is InChI=1S/C17H15N3O3/c1-9-7-14(15-10(2)20-23-17(15)18-9)16(22)19-13-6-4-5-12(8-13)11(3)21/h4-8H,1-3H3,(H,19,22). The van der Waals surface area contributed by atoms with Gasteiger partial charge in [-0.05, 0) is 39.0 Å². The number of hydrogen-bond donors (Lipinski definition) is 1. The molecule has 0 atom stereocenters. The second-order valence-electron chi connectivity index (χ2n) is 5.35. The fourth-order valence-electron chi connectivity index (χ4n) is 2.41. The number of ketones is 1. The number of fused-ring (bicyclic) bond motifs is 1. The van der Waals surface area contributed by atoms with E-state index >= 15 is 0 Å². The maximum atomic E-state index is 12.6. The number of aromatic nitrogens is 2. The van der Waals surface area contributed by atoms with Crippen molar-refractivity contribution in [2.75, 3.05) is 5.32 Å². The van der Waals surface area contributed by atoms with Gasteiger partial charge in [0.05, 0.1) is 16.6 Å². The number of nitrogens with zero attached hydrogens (tertiary/aromatic N) is 2. The van der Waals surface area contributed by atoms with Crippen molar-refractivity contribution in [2.24, 2.45) is 0 Å². The molecule has 0 aliphatic rings. The van der Waals surface area contributed by atoms with Crippen LogP contribution in [0.4, 0.5) is 5.69 Å². The lowest BCUT2D eigenvalue weighted by Gasteiger charge is -2.08. The van der Waals surface area contributed by atoms with Crippen LogP contribution in [0.2, 0.25) is 0 Å². The van der Waals surface area contributed by atoms with Crippen LogP contribution in [0.3, 0.4) is 0 Å². The van der Waals surface area contributed by atoms with E-state index in [2.05, 4.69) is 15.5 Å². The molecular weight excluding hydrogens is 294 g/mol. The first-order chi connectivity index (χ1) is 11.0. The number of amides is 1. The van der Waals surface area contributed by atoms with Crippen molar-refractivity contribution in [3.05, 3.63) is 52.8 Å². The van der Waals surface area contributed by atoms with Gasteiger partial charge >= 0.3 is 0 Å². The van der Waals surface area contributed by atoms with Crippen LogP contribution in [0.15, 0.2) is 34.9 Å². The number of aryl methyl sites for hydroxylation is 2. The Morgan fingerprint density at radius 1 is 1.17 bits per heavy atom. The number of carbonyl (C=O) groups is 2. The Balaban J connectivity index is 2.00. The third-order valence-corrected chi connectivity index (χ3v) is 3.52. The van der Waals surface area contributed by atoms with Crippen LogP contribution in [0, 0.1) is 13.8 Å². The summed E-state index contributed by atoms with van der Waals surface area (Å²) in [6, 6.07) is 8.50. The molecule has 6 heteroatoms. The van der Waals surface area contributed by atoms with Gasteiger partial charge in [0.2, 0.25) is 0 Å². The predicted octanol–water partition coefficient (Wildman–Crippen LogP) is 3.29. The van der Waals surface area contributed by atoms with Gasteiger partial charge in [-0.1, -0.05) is 17.3 Å². The first-order valence-electron chi connectivity index (χ1n) is 7.11. The monoisotopic (exact) mass is 309 g/mol. The second kappa shape index (κ2) is 5.64. The zero-order valence-corrected chi connectivity index (χ0v) is 13.0. The largest absolute Gasteiger partial charge is 0.336 e. The molecule has 0 spiro atoms. The number of Topliss-reactive ketones (excluding diaryl/α,β-unsaturated/α-hetero) is 1. The van der Waals surface area contributed by atoms with Gasteiger partial charge in [0.1, 0.15) is 0 Å². The van der Waals surface area contributed by atoms with Crippen molar-refractivity contribution >= 4 is 28.5 Å². The Labute approximate surface area is 132 Å². The summed E-state index contributed by atoms with van der Waals surface area (Å²) < 4.78 is 5.14. The molecule has 0 radical (unpaired) electrons. The lowest BCUT2D eigenvalue weighted by molar-refractivity contribution is 0.101. The maximum Gasteiger partial charge on any atom is 0.258 e. The number of benzene rings is 1. The molecule has 0 bridgehead atoms. The first-order valence-corrected chi connectivity index (χ1v) is 7.11. The van der Waals surface area contributed by atoms with E-state index in [-0.39, 0.29) is 11.7 Å². The number of anilines is 1. The fraction of sp³-hybridized carbons (Fsp3) is 0.176. The molecule has 3 rings (SSSR count). The summed E-state index contributed by atoms with van der Waals surface area (Å²) in [5.41, 5.74) is 3.15. The summed E-state index contributed by atoms with van der Waals surface area (Å²) in [6.07, 6.45) is 0. The number of nitrogens with one attached hydrogen (secondary N) is 1. The Bertz CT molecular complexity index is 928. The van der Waals surface area contributed by atoms with Gasteiger partial charge in [0.15, 0.2) is 5.78 Å². The van der Waals surface area contributed by atoms with Crippen LogP contribution in [0.25, 0.3) is 11.1 Å². The number of carbonyl (C=O) groups excluding carboxylic acids is 2. The third-order valence-electron chi connectivity index (χ3n) is 3.52. The smallest absolute Gasteiger partial charge is 0.258 e. The molecule has 0 saturated carbocycles. The molecule has 1 N–H and O–H groups in total. The van der Waals surface area contributed by atoms with Gasteiger partial charge < -0.3 is 9.84 Å². The molecular formula is C17H15N3O3. The number of hydrogen-bond acceptors (Lipinski definition) is 5. The first kappa shape index (κ1) is 14.9. The normalized spacial score (nSPS) is 10.7. The molecule has 23 heavy (non-hydrogen) atoms. The van der Waals surface area contributed by atoms with Crippen molar-refractivity contribution in [2.45, 2.75) is 20.8 Å². The van der Waals surface area contributed by atoms with Gasteiger partial charge in [-0.3, -0.25) is 9.59 Å². The minimum absolute atomic E-state index is 0.0573. The van der Waals surface area contributed by atoms with E-state index in [0.717, 1.165) is 0 Å². The minimum atomic E-state index is -0.299. The van der Waals surface area contributed by atoms with Crippen LogP contribution in [0.1, 0.15) is 39.0 Å². The quantitative estimate of drug-likeness (QED) is 0.750. The molecule has 0 aliphatic carbocycles. The summed E-state index contributed by atoms with van der Waals surface area (Å²) in [7, 11) is 0. The number of pyridine rings is 1. The number of rotatable bonds is 3. The van der Waals surface area contributed by atoms with Gasteiger partial charge in [0, 0.05) is 16.9 Å². The summed E-state index contributed by atoms with van der Waals surface area (Å²) in [5, 5.41) is 7.26. The molecule has 2 aromatic heterocycles. The van der Waals surface area contributed by atoms with Crippen LogP contribution in [-0.4, -0.2) is 21.8 Å². The zero-order chi connectivity index (χ0) is 16.6. The van der Waals surface area contributed by atoms with Crippen molar-refractivity contribution < 1.29 is 14.1 Å². The van der Waals surface area contributed by atoms with E-state index in [1.807, 2.05) is 0 Å². The predicted molar refractivity (Wildman–Crippen MR) is 85.7 cm³/mol. The molecule has 1 amide bonds. The topological polar surface area (TPSA) is 85.1 Å². The Morgan fingerprint density at radius 2 is 1.96 bits per heavy atom. The highest BCUT2D eigenvalue weighted by Crippen LogP contribution is 2.23. The Kier molecular flexibility index (Phi) is 3.65. The highest BCUT2D eigenvalue weighted by atomic mass is 16.5. The van der Waals surface area contributed by atoms with Crippen molar-refractivity contribution in [3.63, 3.8) is 0 Å². The average molecular weight is 309 g/mol. The van der Waals surface area contributed by atoms with E-state index in [1.54, 1.807) is 44.2 Å². The fourth-order valence-corrected chi connectivity index (χ4v) is 2.41. The lowest BCUT2D eigenvalue weighted by atomic mass is 10.1. The van der Waals surface area contributed by atoms with Gasteiger partial charge in [-0.25, -0.2) is 4.98 Å². The minimum Gasteiger partial charge on any atom is -0.336 e. The molecule has 0 aliphatic heterocycles. The van der Waals surface area contributed by atoms with E-state index in [4.69, 9.17) is 4.52 Å². The highest BCUT2D eigenvalue weighted by Gasteiger charge is 2.18. The van der Waals surface area contributed by atoms with E-state index in [0.29, 0.717) is 39.3 Å². The van der Waals surface area contributed by atoms with E-state index in [9.17, 15) is 9.59 Å². The Morgan fingerprint density at radius 3 is 2.70 bits per heavy atom.